The number of aryl methyl sites for hydroxylation is 1. The third-order valence-electron chi connectivity index (χ3n) is 5.31. The van der Waals surface area contributed by atoms with E-state index in [1.54, 1.807) is 33.5 Å². The zero-order valence-electron chi connectivity index (χ0n) is 17.6. The fourth-order valence-electron chi connectivity index (χ4n) is 3.66. The van der Waals surface area contributed by atoms with Crippen LogP contribution >= 0.6 is 0 Å². The molecule has 0 saturated carbocycles. The van der Waals surface area contributed by atoms with E-state index in [0.717, 1.165) is 49.8 Å². The second kappa shape index (κ2) is 12.5. The molecular formula is C22H35F3O3. The topological polar surface area (TPSA) is 27.7 Å². The number of benzene rings is 1. The minimum Gasteiger partial charge on any atom is -0.331 e. The zero-order chi connectivity index (χ0) is 21.0. The highest BCUT2D eigenvalue weighted by atomic mass is 19.4. The molecule has 1 aromatic carbocycles. The highest BCUT2D eigenvalue weighted by Gasteiger charge is 2.39. The number of ether oxygens (including phenoxy) is 3. The van der Waals surface area contributed by atoms with Crippen LogP contribution in [0.2, 0.25) is 0 Å². The summed E-state index contributed by atoms with van der Waals surface area (Å²) in [7, 11) is 4.73. The minimum atomic E-state index is -4.30. The lowest BCUT2D eigenvalue weighted by atomic mass is 9.91. The lowest BCUT2D eigenvalue weighted by molar-refractivity contribution is -0.380. The Balaban J connectivity index is 2.64. The molecule has 28 heavy (non-hydrogen) atoms. The van der Waals surface area contributed by atoms with Crippen molar-refractivity contribution in [2.24, 2.45) is 5.92 Å². The van der Waals surface area contributed by atoms with Gasteiger partial charge in [0.25, 0.3) is 5.97 Å². The summed E-state index contributed by atoms with van der Waals surface area (Å²) in [5, 5.41) is 0. The molecule has 0 aromatic heterocycles. The van der Waals surface area contributed by atoms with E-state index in [2.05, 4.69) is 6.92 Å². The van der Waals surface area contributed by atoms with Gasteiger partial charge in [0, 0.05) is 27.2 Å². The van der Waals surface area contributed by atoms with Crippen molar-refractivity contribution in [1.82, 2.24) is 0 Å². The lowest BCUT2D eigenvalue weighted by Crippen LogP contribution is -2.44. The van der Waals surface area contributed by atoms with Crippen LogP contribution in [0.25, 0.3) is 0 Å². The molecule has 1 aromatic rings. The second-order valence-corrected chi connectivity index (χ2v) is 7.20. The maximum absolute atomic E-state index is 12.7. The smallest absolute Gasteiger partial charge is 0.331 e. The van der Waals surface area contributed by atoms with Crippen molar-refractivity contribution < 1.29 is 27.4 Å². The number of methoxy groups -OCH3 is 3. The molecule has 0 aliphatic carbocycles. The van der Waals surface area contributed by atoms with Crippen LogP contribution in [-0.2, 0) is 26.8 Å². The Morgan fingerprint density at radius 3 is 1.82 bits per heavy atom. The van der Waals surface area contributed by atoms with Crippen molar-refractivity contribution in [2.75, 3.05) is 21.3 Å². The van der Waals surface area contributed by atoms with E-state index >= 15 is 0 Å². The standard InChI is InChI=1S/C22H35F3O3/c1-5-6-7-8-9-12-20(22(26-2,27-3)28-4)13-10-11-18-14-16-19(17-15-18)21(23,24)25/h14-17,20H,5-13H2,1-4H3. The normalized spacial score (nSPS) is 13.7. The number of alkyl halides is 3. The molecule has 1 unspecified atom stereocenters. The quantitative estimate of drug-likeness (QED) is 0.258. The fourth-order valence-corrected chi connectivity index (χ4v) is 3.66. The van der Waals surface area contributed by atoms with E-state index in [4.69, 9.17) is 14.2 Å². The van der Waals surface area contributed by atoms with Crippen molar-refractivity contribution in [2.45, 2.75) is 76.9 Å². The summed E-state index contributed by atoms with van der Waals surface area (Å²) in [4.78, 5) is 0. The van der Waals surface area contributed by atoms with Crippen molar-refractivity contribution in [3.63, 3.8) is 0 Å². The van der Waals surface area contributed by atoms with Crippen LogP contribution in [0.5, 0.6) is 0 Å². The van der Waals surface area contributed by atoms with Crippen molar-refractivity contribution in [1.29, 1.82) is 0 Å². The molecule has 0 bridgehead atoms. The molecule has 3 nitrogen and oxygen atoms in total. The van der Waals surface area contributed by atoms with Crippen molar-refractivity contribution >= 4 is 0 Å². The molecule has 1 rings (SSSR count). The zero-order valence-corrected chi connectivity index (χ0v) is 17.6. The van der Waals surface area contributed by atoms with Crippen molar-refractivity contribution in [3.8, 4) is 0 Å². The van der Waals surface area contributed by atoms with Gasteiger partial charge in [-0.25, -0.2) is 0 Å². The van der Waals surface area contributed by atoms with E-state index in [-0.39, 0.29) is 5.92 Å². The Morgan fingerprint density at radius 1 is 0.786 bits per heavy atom. The molecule has 1 atom stereocenters. The van der Waals surface area contributed by atoms with E-state index in [1.165, 1.54) is 19.3 Å². The van der Waals surface area contributed by atoms with E-state index in [9.17, 15) is 13.2 Å². The van der Waals surface area contributed by atoms with E-state index in [1.807, 2.05) is 0 Å². The lowest BCUT2D eigenvalue weighted by Gasteiger charge is -2.36. The predicted octanol–water partition coefficient (Wildman–Crippen LogP) is 6.60. The molecule has 0 saturated heterocycles. The van der Waals surface area contributed by atoms with E-state index in [0.29, 0.717) is 6.42 Å². The summed E-state index contributed by atoms with van der Waals surface area (Å²) in [5.41, 5.74) is 0.283. The summed E-state index contributed by atoms with van der Waals surface area (Å²) in [6.07, 6.45) is 4.86. The SMILES string of the molecule is CCCCCCCC(CCCc1ccc(C(F)(F)F)cc1)C(OC)(OC)OC. The van der Waals surface area contributed by atoms with Gasteiger partial charge in [-0.05, 0) is 43.4 Å². The molecule has 0 aliphatic rings. The summed E-state index contributed by atoms with van der Waals surface area (Å²) in [6.45, 7) is 2.19. The largest absolute Gasteiger partial charge is 0.416 e. The van der Waals surface area contributed by atoms with Gasteiger partial charge in [0.15, 0.2) is 0 Å². The molecule has 6 heteroatoms. The van der Waals surface area contributed by atoms with Crippen LogP contribution in [0.3, 0.4) is 0 Å². The van der Waals surface area contributed by atoms with Crippen LogP contribution in [0.15, 0.2) is 24.3 Å². The summed E-state index contributed by atoms with van der Waals surface area (Å²) >= 11 is 0. The number of rotatable bonds is 14. The van der Waals surface area contributed by atoms with Gasteiger partial charge in [-0.3, -0.25) is 0 Å². The summed E-state index contributed by atoms with van der Waals surface area (Å²) in [5.74, 6) is -1.02. The van der Waals surface area contributed by atoms with Gasteiger partial charge in [0.05, 0.1) is 5.56 Å². The third kappa shape index (κ3) is 7.72. The van der Waals surface area contributed by atoms with E-state index < -0.39 is 17.7 Å². The average Bonchev–Trinajstić information content (AvgIpc) is 2.68. The minimum absolute atomic E-state index is 0.0589. The molecular weight excluding hydrogens is 369 g/mol. The van der Waals surface area contributed by atoms with Gasteiger partial charge in [-0.1, -0.05) is 51.2 Å². The first kappa shape index (κ1) is 24.9. The Bertz CT molecular complexity index is 517. The summed E-state index contributed by atoms with van der Waals surface area (Å²) in [6, 6.07) is 5.40. The Labute approximate surface area is 167 Å². The molecule has 0 amide bonds. The highest BCUT2D eigenvalue weighted by molar-refractivity contribution is 5.24. The Hall–Kier alpha value is -1.11. The first-order chi connectivity index (χ1) is 13.3. The third-order valence-corrected chi connectivity index (χ3v) is 5.31. The first-order valence-electron chi connectivity index (χ1n) is 10.1. The average molecular weight is 405 g/mol. The monoisotopic (exact) mass is 404 g/mol. The van der Waals surface area contributed by atoms with Gasteiger partial charge < -0.3 is 14.2 Å². The van der Waals surface area contributed by atoms with Gasteiger partial charge in [0.2, 0.25) is 0 Å². The number of hydrogen-bond donors (Lipinski definition) is 0. The first-order valence-corrected chi connectivity index (χ1v) is 10.1. The fraction of sp³-hybridized carbons (Fsp3) is 0.727. The molecule has 0 aliphatic heterocycles. The molecule has 0 radical (unpaired) electrons. The van der Waals surface area contributed by atoms with Gasteiger partial charge in [-0.15, -0.1) is 0 Å². The second-order valence-electron chi connectivity index (χ2n) is 7.20. The van der Waals surface area contributed by atoms with Crippen LogP contribution in [0.4, 0.5) is 13.2 Å². The van der Waals surface area contributed by atoms with Gasteiger partial charge in [-0.2, -0.15) is 13.2 Å². The molecule has 0 heterocycles. The predicted molar refractivity (Wildman–Crippen MR) is 105 cm³/mol. The highest BCUT2D eigenvalue weighted by Crippen LogP contribution is 2.33. The van der Waals surface area contributed by atoms with Crippen LogP contribution in [-0.4, -0.2) is 27.3 Å². The maximum Gasteiger partial charge on any atom is 0.416 e. The summed E-state index contributed by atoms with van der Waals surface area (Å²) < 4.78 is 54.7. The maximum atomic E-state index is 12.7. The Morgan fingerprint density at radius 2 is 1.32 bits per heavy atom. The Kier molecular flexibility index (Phi) is 11.1. The number of hydrogen-bond acceptors (Lipinski definition) is 3. The molecule has 0 fully saturated rings. The number of halogens is 3. The van der Waals surface area contributed by atoms with Crippen LogP contribution < -0.4 is 0 Å². The number of unbranched alkanes of at least 4 members (excludes halogenated alkanes) is 4. The van der Waals surface area contributed by atoms with Crippen molar-refractivity contribution in [3.05, 3.63) is 35.4 Å². The molecule has 0 N–H and O–H groups in total. The molecule has 0 spiro atoms. The van der Waals surface area contributed by atoms with Crippen LogP contribution in [0.1, 0.15) is 69.4 Å². The van der Waals surface area contributed by atoms with Crippen LogP contribution in [0, 0.1) is 5.92 Å². The van der Waals surface area contributed by atoms with Gasteiger partial charge in [0.1, 0.15) is 0 Å². The van der Waals surface area contributed by atoms with Gasteiger partial charge >= 0.3 is 6.18 Å². The molecule has 162 valence electrons.